The molecular weight excluding hydrogens is 362 g/mol. The second-order valence-electron chi connectivity index (χ2n) is 7.33. The van der Waals surface area contributed by atoms with Crippen LogP contribution in [-0.4, -0.2) is 30.4 Å². The average molecular weight is 390 g/mol. The van der Waals surface area contributed by atoms with Gasteiger partial charge < -0.3 is 5.32 Å². The standard InChI is InChI=1S/C20H27N3O3S/c1-3-15-23-18(11-14-21-23)22-19(24)20(12-5-4-6-13-20)16-7-9-17(10-8-16)27(2,25)26/h7-11,14H,3-6,12-13,15H2,1-2H3,(H,22,24). The molecule has 1 heterocycles. The molecule has 0 atom stereocenters. The number of rotatable bonds is 6. The van der Waals surface area contributed by atoms with Gasteiger partial charge in [0, 0.05) is 18.9 Å². The predicted octanol–water partition coefficient (Wildman–Crippen LogP) is 3.54. The van der Waals surface area contributed by atoms with E-state index in [9.17, 15) is 13.2 Å². The summed E-state index contributed by atoms with van der Waals surface area (Å²) in [4.78, 5) is 13.6. The normalized spacial score (nSPS) is 16.8. The summed E-state index contributed by atoms with van der Waals surface area (Å²) < 4.78 is 25.3. The highest BCUT2D eigenvalue weighted by Gasteiger charge is 2.41. The molecule has 6 nitrogen and oxygen atoms in total. The fraction of sp³-hybridized carbons (Fsp3) is 0.500. The van der Waals surface area contributed by atoms with Crippen LogP contribution in [0.4, 0.5) is 5.82 Å². The largest absolute Gasteiger partial charge is 0.310 e. The van der Waals surface area contributed by atoms with Gasteiger partial charge in [-0.05, 0) is 37.0 Å². The number of hydrogen-bond donors (Lipinski definition) is 1. The van der Waals surface area contributed by atoms with Crippen molar-refractivity contribution in [1.29, 1.82) is 0 Å². The minimum atomic E-state index is -3.26. The molecule has 1 aromatic heterocycles. The first-order chi connectivity index (χ1) is 12.9. The second-order valence-corrected chi connectivity index (χ2v) is 9.35. The number of sulfone groups is 1. The molecule has 1 amide bonds. The summed E-state index contributed by atoms with van der Waals surface area (Å²) in [6, 6.07) is 8.62. The van der Waals surface area contributed by atoms with Crippen LogP contribution in [0.5, 0.6) is 0 Å². The molecule has 27 heavy (non-hydrogen) atoms. The van der Waals surface area contributed by atoms with Crippen molar-refractivity contribution in [3.8, 4) is 0 Å². The molecule has 2 aromatic rings. The summed E-state index contributed by atoms with van der Waals surface area (Å²) in [6.45, 7) is 2.82. The molecule has 1 aromatic carbocycles. The lowest BCUT2D eigenvalue weighted by molar-refractivity contribution is -0.122. The number of nitrogens with zero attached hydrogens (tertiary/aromatic N) is 2. The molecule has 1 N–H and O–H groups in total. The summed E-state index contributed by atoms with van der Waals surface area (Å²) in [5, 5.41) is 7.35. The zero-order chi connectivity index (χ0) is 19.5. The van der Waals surface area contributed by atoms with Crippen molar-refractivity contribution in [2.24, 2.45) is 0 Å². The summed E-state index contributed by atoms with van der Waals surface area (Å²) in [5.41, 5.74) is 0.254. The predicted molar refractivity (Wildman–Crippen MR) is 105 cm³/mol. The third kappa shape index (κ3) is 4.08. The number of amides is 1. The fourth-order valence-corrected chi connectivity index (χ4v) is 4.52. The van der Waals surface area contributed by atoms with Crippen molar-refractivity contribution in [2.45, 2.75) is 62.3 Å². The molecule has 0 saturated heterocycles. The quantitative estimate of drug-likeness (QED) is 0.819. The van der Waals surface area contributed by atoms with Crippen LogP contribution >= 0.6 is 0 Å². The number of nitrogens with one attached hydrogen (secondary N) is 1. The Morgan fingerprint density at radius 1 is 1.15 bits per heavy atom. The number of hydrogen-bond acceptors (Lipinski definition) is 4. The van der Waals surface area contributed by atoms with E-state index in [4.69, 9.17) is 0 Å². The van der Waals surface area contributed by atoms with Crippen molar-refractivity contribution in [3.05, 3.63) is 42.1 Å². The highest BCUT2D eigenvalue weighted by Crippen LogP contribution is 2.40. The Morgan fingerprint density at radius 3 is 2.41 bits per heavy atom. The number of anilines is 1. The van der Waals surface area contributed by atoms with Crippen LogP contribution in [0.1, 0.15) is 51.0 Å². The maximum Gasteiger partial charge on any atom is 0.236 e. The minimum Gasteiger partial charge on any atom is -0.310 e. The van der Waals surface area contributed by atoms with Gasteiger partial charge in [0.25, 0.3) is 0 Å². The van der Waals surface area contributed by atoms with Crippen LogP contribution in [0, 0.1) is 0 Å². The maximum atomic E-state index is 13.4. The Morgan fingerprint density at radius 2 is 1.81 bits per heavy atom. The van der Waals surface area contributed by atoms with Crippen LogP contribution in [0.15, 0.2) is 41.4 Å². The van der Waals surface area contributed by atoms with Gasteiger partial charge in [0.1, 0.15) is 5.82 Å². The lowest BCUT2D eigenvalue weighted by atomic mass is 9.68. The minimum absolute atomic E-state index is 0.0350. The van der Waals surface area contributed by atoms with E-state index >= 15 is 0 Å². The van der Waals surface area contributed by atoms with Gasteiger partial charge >= 0.3 is 0 Å². The molecule has 3 rings (SSSR count). The summed E-state index contributed by atoms with van der Waals surface area (Å²) in [6.07, 6.45) is 8.43. The third-order valence-corrected chi connectivity index (χ3v) is 6.50. The van der Waals surface area contributed by atoms with Gasteiger partial charge in [0.05, 0.1) is 16.5 Å². The molecule has 0 spiro atoms. The van der Waals surface area contributed by atoms with Gasteiger partial charge in [-0.2, -0.15) is 5.10 Å². The van der Waals surface area contributed by atoms with Crippen LogP contribution in [0.2, 0.25) is 0 Å². The third-order valence-electron chi connectivity index (χ3n) is 5.37. The van der Waals surface area contributed by atoms with Crippen LogP contribution in [-0.2, 0) is 26.6 Å². The monoisotopic (exact) mass is 389 g/mol. The van der Waals surface area contributed by atoms with Gasteiger partial charge in [-0.1, -0.05) is 38.3 Å². The zero-order valence-electron chi connectivity index (χ0n) is 15.9. The SMILES string of the molecule is CCCn1nccc1NC(=O)C1(c2ccc(S(C)(=O)=O)cc2)CCCCC1. The molecule has 146 valence electrons. The molecule has 1 aliphatic rings. The van der Waals surface area contributed by atoms with Crippen LogP contribution < -0.4 is 5.32 Å². The van der Waals surface area contributed by atoms with E-state index in [1.165, 1.54) is 6.26 Å². The van der Waals surface area contributed by atoms with Crippen molar-refractivity contribution in [3.63, 3.8) is 0 Å². The fourth-order valence-electron chi connectivity index (χ4n) is 3.89. The highest BCUT2D eigenvalue weighted by molar-refractivity contribution is 7.90. The Balaban J connectivity index is 1.92. The van der Waals surface area contributed by atoms with Crippen LogP contribution in [0.25, 0.3) is 0 Å². The molecule has 0 unspecified atom stereocenters. The lowest BCUT2D eigenvalue weighted by Crippen LogP contribution is -2.42. The number of aromatic nitrogens is 2. The van der Waals surface area contributed by atoms with Gasteiger partial charge in [-0.3, -0.25) is 4.79 Å². The molecule has 1 aliphatic carbocycles. The summed E-state index contributed by atoms with van der Waals surface area (Å²) in [5.74, 6) is 0.673. The van der Waals surface area contributed by atoms with Crippen molar-refractivity contribution < 1.29 is 13.2 Å². The summed E-state index contributed by atoms with van der Waals surface area (Å²) in [7, 11) is -3.26. The topological polar surface area (TPSA) is 81.1 Å². The Bertz CT molecular complexity index is 895. The molecule has 1 saturated carbocycles. The molecule has 0 radical (unpaired) electrons. The first kappa shape index (κ1) is 19.6. The molecular formula is C20H27N3O3S. The number of carbonyl (C=O) groups is 1. The van der Waals surface area contributed by atoms with Gasteiger partial charge in [0.2, 0.25) is 5.91 Å². The number of aryl methyl sites for hydroxylation is 1. The smallest absolute Gasteiger partial charge is 0.236 e. The zero-order valence-corrected chi connectivity index (χ0v) is 16.8. The second kappa shape index (κ2) is 7.84. The average Bonchev–Trinajstić information content (AvgIpc) is 3.09. The van der Waals surface area contributed by atoms with Crippen LogP contribution in [0.3, 0.4) is 0 Å². The highest BCUT2D eigenvalue weighted by atomic mass is 32.2. The van der Waals surface area contributed by atoms with E-state index in [1.807, 2.05) is 6.07 Å². The van der Waals surface area contributed by atoms with Gasteiger partial charge in [-0.25, -0.2) is 13.1 Å². The van der Waals surface area contributed by atoms with E-state index in [0.29, 0.717) is 5.82 Å². The van der Waals surface area contributed by atoms with E-state index in [2.05, 4.69) is 17.3 Å². The lowest BCUT2D eigenvalue weighted by Gasteiger charge is -2.36. The van der Waals surface area contributed by atoms with E-state index in [1.54, 1.807) is 35.1 Å². The maximum absolute atomic E-state index is 13.4. The van der Waals surface area contributed by atoms with Crippen molar-refractivity contribution >= 4 is 21.6 Å². The molecule has 1 fully saturated rings. The Kier molecular flexibility index (Phi) is 5.69. The number of benzene rings is 1. The van der Waals surface area contributed by atoms with Crippen molar-refractivity contribution in [2.75, 3.05) is 11.6 Å². The molecule has 0 bridgehead atoms. The van der Waals surface area contributed by atoms with Crippen molar-refractivity contribution in [1.82, 2.24) is 9.78 Å². The Hall–Kier alpha value is -2.15. The van der Waals surface area contributed by atoms with E-state index in [-0.39, 0.29) is 10.8 Å². The van der Waals surface area contributed by atoms with Gasteiger partial charge in [0.15, 0.2) is 9.84 Å². The molecule has 0 aliphatic heterocycles. The number of carbonyl (C=O) groups excluding carboxylic acids is 1. The summed E-state index contributed by atoms with van der Waals surface area (Å²) >= 11 is 0. The van der Waals surface area contributed by atoms with Gasteiger partial charge in [-0.15, -0.1) is 0 Å². The molecule has 7 heteroatoms. The first-order valence-corrected chi connectivity index (χ1v) is 11.4. The first-order valence-electron chi connectivity index (χ1n) is 9.51. The van der Waals surface area contributed by atoms with E-state index < -0.39 is 15.3 Å². The Labute approximate surface area is 160 Å². The van der Waals surface area contributed by atoms with E-state index in [0.717, 1.165) is 50.6 Å².